The largest absolute Gasteiger partial charge is 0.389 e. The Bertz CT molecular complexity index is 889. The van der Waals surface area contributed by atoms with E-state index in [1.165, 1.54) is 24.3 Å². The highest BCUT2D eigenvalue weighted by Crippen LogP contribution is 2.42. The lowest BCUT2D eigenvalue weighted by Gasteiger charge is -2.44. The van der Waals surface area contributed by atoms with Crippen molar-refractivity contribution in [3.63, 3.8) is 0 Å². The first kappa shape index (κ1) is 19.9. The molecule has 29 heavy (non-hydrogen) atoms. The van der Waals surface area contributed by atoms with Gasteiger partial charge in [-0.1, -0.05) is 18.2 Å². The molecular weight excluding hydrogens is 378 g/mol. The number of piperidine rings is 1. The van der Waals surface area contributed by atoms with Crippen LogP contribution in [0.3, 0.4) is 0 Å². The van der Waals surface area contributed by atoms with E-state index in [0.717, 1.165) is 37.4 Å². The molecule has 2 aromatic carbocycles. The van der Waals surface area contributed by atoms with Crippen LogP contribution in [0, 0.1) is 21.7 Å². The predicted octanol–water partition coefficient (Wildman–Crippen LogP) is 4.02. The fraction of sp³-hybridized carbons (Fsp3) is 0.455. The Hall–Kier alpha value is -2.38. The smallest absolute Gasteiger partial charge is 0.269 e. The van der Waals surface area contributed by atoms with Crippen LogP contribution >= 0.6 is 0 Å². The molecule has 0 saturated carbocycles. The van der Waals surface area contributed by atoms with E-state index in [1.807, 2.05) is 0 Å². The van der Waals surface area contributed by atoms with Crippen molar-refractivity contribution < 1.29 is 18.8 Å². The molecule has 2 aliphatic rings. The molecule has 1 N–H and O–H groups in total. The second-order valence-electron chi connectivity index (χ2n) is 8.34. The fourth-order valence-electron chi connectivity index (χ4n) is 4.99. The summed E-state index contributed by atoms with van der Waals surface area (Å²) < 4.78 is 27.2. The van der Waals surface area contributed by atoms with Crippen LogP contribution in [0.25, 0.3) is 0 Å². The van der Waals surface area contributed by atoms with Crippen molar-refractivity contribution in [1.82, 2.24) is 4.90 Å². The number of aliphatic hydroxyl groups is 1. The van der Waals surface area contributed by atoms with E-state index in [1.54, 1.807) is 12.1 Å². The molecule has 7 heteroatoms. The van der Waals surface area contributed by atoms with Crippen LogP contribution in [0.1, 0.15) is 36.8 Å². The molecule has 2 bridgehead atoms. The average Bonchev–Trinajstić information content (AvgIpc) is 2.93. The van der Waals surface area contributed by atoms with Gasteiger partial charge in [-0.15, -0.1) is 0 Å². The van der Waals surface area contributed by atoms with Crippen molar-refractivity contribution in [2.75, 3.05) is 6.54 Å². The number of halogens is 2. The fourth-order valence-corrected chi connectivity index (χ4v) is 4.99. The van der Waals surface area contributed by atoms with Gasteiger partial charge >= 0.3 is 0 Å². The molecule has 2 aromatic rings. The van der Waals surface area contributed by atoms with Gasteiger partial charge in [0.2, 0.25) is 0 Å². The molecule has 2 atom stereocenters. The Labute approximate surface area is 168 Å². The predicted molar refractivity (Wildman–Crippen MR) is 105 cm³/mol. The van der Waals surface area contributed by atoms with E-state index in [4.69, 9.17) is 0 Å². The molecule has 0 aliphatic carbocycles. The van der Waals surface area contributed by atoms with Crippen LogP contribution in [-0.4, -0.2) is 39.2 Å². The topological polar surface area (TPSA) is 66.6 Å². The summed E-state index contributed by atoms with van der Waals surface area (Å²) in [5.41, 5.74) is 0.510. The second kappa shape index (κ2) is 7.80. The highest BCUT2D eigenvalue weighted by atomic mass is 19.1. The van der Waals surface area contributed by atoms with E-state index in [0.29, 0.717) is 18.4 Å². The molecule has 0 aromatic heterocycles. The zero-order valence-electron chi connectivity index (χ0n) is 16.1. The number of benzene rings is 2. The number of nitro groups is 1. The minimum absolute atomic E-state index is 0.0879. The van der Waals surface area contributed by atoms with Crippen molar-refractivity contribution in [1.29, 1.82) is 0 Å². The van der Waals surface area contributed by atoms with Gasteiger partial charge in [-0.2, -0.15) is 0 Å². The third-order valence-electron chi connectivity index (χ3n) is 6.34. The molecule has 154 valence electrons. The Kier molecular flexibility index (Phi) is 5.36. The number of hydrogen-bond donors (Lipinski definition) is 1. The van der Waals surface area contributed by atoms with Crippen LogP contribution in [-0.2, 0) is 12.8 Å². The maximum Gasteiger partial charge on any atom is 0.269 e. The van der Waals surface area contributed by atoms with Gasteiger partial charge in [-0.05, 0) is 49.3 Å². The van der Waals surface area contributed by atoms with Gasteiger partial charge in [-0.25, -0.2) is 8.78 Å². The SMILES string of the molecule is O=[N+]([O-])c1ccc(CCN2C3CCC2CC(O)(Cc2ccc(F)cc2F)C3)cc1. The zero-order chi connectivity index (χ0) is 20.6. The van der Waals surface area contributed by atoms with Crippen LogP contribution < -0.4 is 0 Å². The van der Waals surface area contributed by atoms with Crippen LogP contribution in [0.15, 0.2) is 42.5 Å². The summed E-state index contributed by atoms with van der Waals surface area (Å²) in [7, 11) is 0. The molecule has 2 aliphatic heterocycles. The third-order valence-corrected chi connectivity index (χ3v) is 6.34. The summed E-state index contributed by atoms with van der Waals surface area (Å²) in [5.74, 6) is -1.22. The standard InChI is InChI=1S/C22H24F2N2O3/c23-17-4-3-16(21(24)11-17)12-22(27)13-19-7-8-20(14-22)25(19)10-9-15-1-5-18(6-2-15)26(28)29/h1-6,11,19-20,27H,7-10,12-14H2. The molecular formula is C22H24F2N2O3. The van der Waals surface area contributed by atoms with E-state index >= 15 is 0 Å². The first-order valence-electron chi connectivity index (χ1n) is 9.98. The number of hydrogen-bond acceptors (Lipinski definition) is 4. The summed E-state index contributed by atoms with van der Waals surface area (Å²) in [4.78, 5) is 12.8. The maximum atomic E-state index is 14.0. The van der Waals surface area contributed by atoms with Gasteiger partial charge in [0.25, 0.3) is 5.69 Å². The van der Waals surface area contributed by atoms with Gasteiger partial charge in [0.1, 0.15) is 11.6 Å². The Morgan fingerprint density at radius 3 is 2.34 bits per heavy atom. The van der Waals surface area contributed by atoms with Gasteiger partial charge in [-0.3, -0.25) is 15.0 Å². The first-order chi connectivity index (χ1) is 13.8. The van der Waals surface area contributed by atoms with Gasteiger partial charge in [0, 0.05) is 43.2 Å². The molecule has 4 rings (SSSR count). The number of non-ortho nitro benzene ring substituents is 1. The summed E-state index contributed by atoms with van der Waals surface area (Å²) in [6, 6.07) is 10.6. The Morgan fingerprint density at radius 1 is 1.10 bits per heavy atom. The Morgan fingerprint density at radius 2 is 1.76 bits per heavy atom. The molecule has 0 spiro atoms. The number of nitro benzene ring substituents is 1. The summed E-state index contributed by atoms with van der Waals surface area (Å²) >= 11 is 0. The lowest BCUT2D eigenvalue weighted by Crippen LogP contribution is -2.52. The summed E-state index contributed by atoms with van der Waals surface area (Å²) in [6.45, 7) is 0.828. The van der Waals surface area contributed by atoms with Gasteiger partial charge in [0.15, 0.2) is 0 Å². The zero-order valence-corrected chi connectivity index (χ0v) is 16.1. The Balaban J connectivity index is 1.39. The molecule has 0 radical (unpaired) electrons. The highest BCUT2D eigenvalue weighted by molar-refractivity contribution is 5.33. The lowest BCUT2D eigenvalue weighted by atomic mass is 9.81. The van der Waals surface area contributed by atoms with E-state index in [9.17, 15) is 24.0 Å². The molecule has 5 nitrogen and oxygen atoms in total. The van der Waals surface area contributed by atoms with Crippen molar-refractivity contribution in [3.8, 4) is 0 Å². The van der Waals surface area contributed by atoms with Crippen LogP contribution in [0.2, 0.25) is 0 Å². The minimum Gasteiger partial charge on any atom is -0.389 e. The van der Waals surface area contributed by atoms with E-state index < -0.39 is 22.2 Å². The normalized spacial score (nSPS) is 26.6. The number of nitrogens with zero attached hydrogens (tertiary/aromatic N) is 2. The summed E-state index contributed by atoms with van der Waals surface area (Å²) in [5, 5.41) is 21.9. The van der Waals surface area contributed by atoms with E-state index in [2.05, 4.69) is 4.90 Å². The quantitative estimate of drug-likeness (QED) is 0.586. The van der Waals surface area contributed by atoms with Crippen molar-refractivity contribution >= 4 is 5.69 Å². The molecule has 2 unspecified atom stereocenters. The second-order valence-corrected chi connectivity index (χ2v) is 8.34. The minimum atomic E-state index is -0.978. The molecule has 2 fully saturated rings. The molecule has 2 heterocycles. The average molecular weight is 402 g/mol. The van der Waals surface area contributed by atoms with E-state index in [-0.39, 0.29) is 24.2 Å². The monoisotopic (exact) mass is 402 g/mol. The molecule has 2 saturated heterocycles. The van der Waals surface area contributed by atoms with Gasteiger partial charge < -0.3 is 5.11 Å². The van der Waals surface area contributed by atoms with Crippen LogP contribution in [0.5, 0.6) is 0 Å². The van der Waals surface area contributed by atoms with Crippen molar-refractivity contribution in [3.05, 3.63) is 75.3 Å². The van der Waals surface area contributed by atoms with Gasteiger partial charge in [0.05, 0.1) is 10.5 Å². The lowest BCUT2D eigenvalue weighted by molar-refractivity contribution is -0.384. The first-order valence-corrected chi connectivity index (χ1v) is 9.98. The van der Waals surface area contributed by atoms with Crippen molar-refractivity contribution in [2.45, 2.75) is 56.2 Å². The number of fused-ring (bicyclic) bond motifs is 2. The molecule has 0 amide bonds. The highest BCUT2D eigenvalue weighted by Gasteiger charge is 2.47. The number of rotatable bonds is 6. The van der Waals surface area contributed by atoms with Crippen LogP contribution in [0.4, 0.5) is 14.5 Å². The maximum absolute atomic E-state index is 14.0. The third kappa shape index (κ3) is 4.31. The summed E-state index contributed by atoms with van der Waals surface area (Å²) in [6.07, 6.45) is 4.12. The van der Waals surface area contributed by atoms with Crippen molar-refractivity contribution in [2.24, 2.45) is 0 Å².